The fourth-order valence-corrected chi connectivity index (χ4v) is 1.36. The number of aromatic nitrogens is 2. The Morgan fingerprint density at radius 1 is 1.43 bits per heavy atom. The van der Waals surface area contributed by atoms with E-state index in [9.17, 15) is 0 Å². The molecule has 2 N–H and O–H groups in total. The van der Waals surface area contributed by atoms with Gasteiger partial charge in [0.15, 0.2) is 0 Å². The van der Waals surface area contributed by atoms with Crippen molar-refractivity contribution in [1.29, 1.82) is 0 Å². The molecule has 0 saturated heterocycles. The second-order valence-electron chi connectivity index (χ2n) is 2.81. The highest BCUT2D eigenvalue weighted by molar-refractivity contribution is 6.30. The fourth-order valence-electron chi connectivity index (χ4n) is 1.16. The van der Waals surface area contributed by atoms with Gasteiger partial charge in [0.2, 0.25) is 12.3 Å². The van der Waals surface area contributed by atoms with Crippen LogP contribution in [0.3, 0.4) is 0 Å². The summed E-state index contributed by atoms with van der Waals surface area (Å²) in [6.45, 7) is 0. The normalized spacial score (nSPS) is 12.7. The van der Waals surface area contributed by atoms with Crippen LogP contribution in [0.25, 0.3) is 0 Å². The molecule has 2 aromatic rings. The second kappa shape index (κ2) is 3.77. The maximum absolute atomic E-state index is 5.87. The Labute approximate surface area is 85.7 Å². The predicted octanol–water partition coefficient (Wildman–Crippen LogP) is 1.77. The first-order valence-electron chi connectivity index (χ1n) is 4.04. The number of nitrogens with zero attached hydrogens (tertiary/aromatic N) is 2. The highest BCUT2D eigenvalue weighted by atomic mass is 35.5. The van der Waals surface area contributed by atoms with E-state index in [1.54, 1.807) is 12.1 Å². The fraction of sp³-hybridized carbons (Fsp3) is 0.111. The summed E-state index contributed by atoms with van der Waals surface area (Å²) >= 11 is 5.83. The minimum Gasteiger partial charge on any atom is -0.426 e. The molecule has 0 radical (unpaired) electrons. The van der Waals surface area contributed by atoms with Crippen LogP contribution in [0.1, 0.15) is 17.5 Å². The summed E-state index contributed by atoms with van der Waals surface area (Å²) in [5.74, 6) is 0.382. The molecular formula is C9H8ClN3O. The van der Waals surface area contributed by atoms with Crippen LogP contribution in [0, 0.1) is 0 Å². The van der Waals surface area contributed by atoms with Crippen LogP contribution in [0.5, 0.6) is 0 Å². The molecule has 5 heteroatoms. The number of hydrogen-bond donors (Lipinski definition) is 1. The van der Waals surface area contributed by atoms with Gasteiger partial charge in [0, 0.05) is 5.02 Å². The number of nitrogens with two attached hydrogens (primary N) is 1. The topological polar surface area (TPSA) is 64.9 Å². The van der Waals surface area contributed by atoms with Gasteiger partial charge in [0.25, 0.3) is 0 Å². The van der Waals surface area contributed by atoms with Crippen molar-refractivity contribution in [2.45, 2.75) is 6.04 Å². The van der Waals surface area contributed by atoms with Gasteiger partial charge >= 0.3 is 0 Å². The van der Waals surface area contributed by atoms with Gasteiger partial charge in [-0.15, -0.1) is 10.2 Å². The monoisotopic (exact) mass is 209 g/mol. The van der Waals surface area contributed by atoms with Gasteiger partial charge in [-0.1, -0.05) is 23.7 Å². The highest BCUT2D eigenvalue weighted by Gasteiger charge is 2.13. The molecule has 14 heavy (non-hydrogen) atoms. The van der Waals surface area contributed by atoms with Gasteiger partial charge in [-0.3, -0.25) is 0 Å². The minimum atomic E-state index is -0.420. The number of benzene rings is 1. The molecule has 4 nitrogen and oxygen atoms in total. The largest absolute Gasteiger partial charge is 0.426 e. The van der Waals surface area contributed by atoms with Crippen molar-refractivity contribution < 1.29 is 4.42 Å². The molecule has 1 atom stereocenters. The molecule has 1 aromatic heterocycles. The average Bonchev–Trinajstić information content (AvgIpc) is 2.69. The van der Waals surface area contributed by atoms with Crippen molar-refractivity contribution in [3.05, 3.63) is 47.1 Å². The molecule has 1 unspecified atom stereocenters. The third-order valence-electron chi connectivity index (χ3n) is 1.85. The van der Waals surface area contributed by atoms with E-state index < -0.39 is 6.04 Å². The highest BCUT2D eigenvalue weighted by Crippen LogP contribution is 2.20. The van der Waals surface area contributed by atoms with Crippen LogP contribution >= 0.6 is 11.6 Å². The van der Waals surface area contributed by atoms with Crippen LogP contribution in [0.4, 0.5) is 0 Å². The molecule has 0 aliphatic rings. The molecule has 1 heterocycles. The minimum absolute atomic E-state index is 0.382. The lowest BCUT2D eigenvalue weighted by atomic mass is 10.1. The van der Waals surface area contributed by atoms with Gasteiger partial charge in [-0.25, -0.2) is 0 Å². The van der Waals surface area contributed by atoms with Gasteiger partial charge in [-0.2, -0.15) is 0 Å². The molecule has 0 amide bonds. The average molecular weight is 210 g/mol. The Kier molecular flexibility index (Phi) is 2.47. The van der Waals surface area contributed by atoms with E-state index in [4.69, 9.17) is 21.8 Å². The van der Waals surface area contributed by atoms with E-state index in [1.165, 1.54) is 6.39 Å². The van der Waals surface area contributed by atoms with E-state index in [0.29, 0.717) is 10.9 Å². The molecular weight excluding hydrogens is 202 g/mol. The Balaban J connectivity index is 2.32. The lowest BCUT2D eigenvalue weighted by molar-refractivity contribution is 0.473. The summed E-state index contributed by atoms with van der Waals surface area (Å²) in [7, 11) is 0. The Hall–Kier alpha value is -1.39. The van der Waals surface area contributed by atoms with Gasteiger partial charge in [-0.05, 0) is 17.7 Å². The smallest absolute Gasteiger partial charge is 0.237 e. The van der Waals surface area contributed by atoms with Crippen LogP contribution < -0.4 is 5.73 Å². The van der Waals surface area contributed by atoms with Crippen molar-refractivity contribution in [2.75, 3.05) is 0 Å². The van der Waals surface area contributed by atoms with E-state index in [-0.39, 0.29) is 0 Å². The standard InChI is InChI=1S/C9H8ClN3O/c10-7-3-1-2-6(4-7)8(11)9-13-12-5-14-9/h1-5,8H,11H2. The van der Waals surface area contributed by atoms with Crippen molar-refractivity contribution in [3.63, 3.8) is 0 Å². The summed E-state index contributed by atoms with van der Waals surface area (Å²) in [6, 6.07) is 6.83. The van der Waals surface area contributed by atoms with Crippen LogP contribution in [-0.2, 0) is 0 Å². The second-order valence-corrected chi connectivity index (χ2v) is 3.25. The zero-order valence-electron chi connectivity index (χ0n) is 7.22. The Morgan fingerprint density at radius 3 is 2.93 bits per heavy atom. The SMILES string of the molecule is NC(c1cccc(Cl)c1)c1nnco1. The molecule has 72 valence electrons. The first-order chi connectivity index (χ1) is 6.77. The molecule has 0 spiro atoms. The number of halogens is 1. The van der Waals surface area contributed by atoms with Crippen LogP contribution in [0.15, 0.2) is 35.1 Å². The van der Waals surface area contributed by atoms with E-state index in [2.05, 4.69) is 10.2 Å². The summed E-state index contributed by atoms with van der Waals surface area (Å²) in [5, 5.41) is 7.94. The number of rotatable bonds is 2. The van der Waals surface area contributed by atoms with Gasteiger partial charge < -0.3 is 10.2 Å². The summed E-state index contributed by atoms with van der Waals surface area (Å²) in [4.78, 5) is 0. The van der Waals surface area contributed by atoms with Crippen LogP contribution in [0.2, 0.25) is 5.02 Å². The molecule has 0 fully saturated rings. The zero-order valence-corrected chi connectivity index (χ0v) is 7.98. The van der Waals surface area contributed by atoms with E-state index in [1.807, 2.05) is 12.1 Å². The van der Waals surface area contributed by atoms with E-state index in [0.717, 1.165) is 5.56 Å². The van der Waals surface area contributed by atoms with Crippen LogP contribution in [-0.4, -0.2) is 10.2 Å². The third kappa shape index (κ3) is 1.76. The third-order valence-corrected chi connectivity index (χ3v) is 2.09. The quantitative estimate of drug-likeness (QED) is 0.819. The van der Waals surface area contributed by atoms with Gasteiger partial charge in [0.05, 0.1) is 0 Å². The maximum atomic E-state index is 5.87. The van der Waals surface area contributed by atoms with Crippen molar-refractivity contribution in [3.8, 4) is 0 Å². The lowest BCUT2D eigenvalue weighted by Crippen LogP contribution is -2.12. The Morgan fingerprint density at radius 2 is 2.29 bits per heavy atom. The zero-order chi connectivity index (χ0) is 9.97. The number of hydrogen-bond acceptors (Lipinski definition) is 4. The van der Waals surface area contributed by atoms with Crippen molar-refractivity contribution >= 4 is 11.6 Å². The molecule has 0 aliphatic heterocycles. The Bertz CT molecular complexity index is 416. The maximum Gasteiger partial charge on any atom is 0.237 e. The lowest BCUT2D eigenvalue weighted by Gasteiger charge is -2.06. The molecule has 1 aromatic carbocycles. The summed E-state index contributed by atoms with van der Waals surface area (Å²) in [5.41, 5.74) is 6.72. The molecule has 0 bridgehead atoms. The van der Waals surface area contributed by atoms with Gasteiger partial charge in [0.1, 0.15) is 6.04 Å². The summed E-state index contributed by atoms with van der Waals surface area (Å²) in [6.07, 6.45) is 1.25. The van der Waals surface area contributed by atoms with Crippen molar-refractivity contribution in [2.24, 2.45) is 5.73 Å². The van der Waals surface area contributed by atoms with Crippen molar-refractivity contribution in [1.82, 2.24) is 10.2 Å². The first kappa shape index (κ1) is 9.18. The molecule has 0 aliphatic carbocycles. The molecule has 2 rings (SSSR count). The summed E-state index contributed by atoms with van der Waals surface area (Å²) < 4.78 is 5.00. The van der Waals surface area contributed by atoms with E-state index >= 15 is 0 Å². The molecule has 0 saturated carbocycles. The first-order valence-corrected chi connectivity index (χ1v) is 4.42. The predicted molar refractivity (Wildman–Crippen MR) is 51.8 cm³/mol.